The van der Waals surface area contributed by atoms with Gasteiger partial charge in [-0.2, -0.15) is 0 Å². The van der Waals surface area contributed by atoms with Crippen LogP contribution in [0.25, 0.3) is 10.8 Å². The number of hydrogen-bond acceptors (Lipinski definition) is 2. The molecular formula is C15H16N2O. The Kier molecular flexibility index (Phi) is 2.12. The van der Waals surface area contributed by atoms with Crippen molar-refractivity contribution in [1.82, 2.24) is 9.88 Å². The second-order valence-electron chi connectivity index (χ2n) is 5.53. The largest absolute Gasteiger partial charge is 0.316 e. The van der Waals surface area contributed by atoms with Crippen LogP contribution in [0.5, 0.6) is 0 Å². The second-order valence-corrected chi connectivity index (χ2v) is 5.53. The highest BCUT2D eigenvalue weighted by molar-refractivity contribution is 5.82. The van der Waals surface area contributed by atoms with Gasteiger partial charge in [0.1, 0.15) is 0 Å². The molecule has 2 atom stereocenters. The summed E-state index contributed by atoms with van der Waals surface area (Å²) < 4.78 is 2.02. The molecule has 2 aliphatic rings. The van der Waals surface area contributed by atoms with Crippen LogP contribution in [0.15, 0.2) is 35.1 Å². The summed E-state index contributed by atoms with van der Waals surface area (Å²) in [4.78, 5) is 12.5. The molecule has 3 heteroatoms. The number of piperidine rings is 1. The number of fused-ring (bicyclic) bond motifs is 5. The van der Waals surface area contributed by atoms with E-state index in [2.05, 4.69) is 11.4 Å². The summed E-state index contributed by atoms with van der Waals surface area (Å²) >= 11 is 0. The Bertz CT molecular complexity index is 674. The van der Waals surface area contributed by atoms with Crippen LogP contribution < -0.4 is 10.9 Å². The minimum absolute atomic E-state index is 0.194. The van der Waals surface area contributed by atoms with E-state index in [1.807, 2.05) is 28.8 Å². The highest BCUT2D eigenvalue weighted by atomic mass is 16.1. The molecule has 2 aromatic rings. The Morgan fingerprint density at radius 1 is 1.22 bits per heavy atom. The Labute approximate surface area is 105 Å². The first-order valence-electron chi connectivity index (χ1n) is 6.66. The Hall–Kier alpha value is -1.61. The fraction of sp³-hybridized carbons (Fsp3) is 0.400. The molecule has 18 heavy (non-hydrogen) atoms. The van der Waals surface area contributed by atoms with Crippen LogP contribution in [-0.2, 0) is 6.54 Å². The summed E-state index contributed by atoms with van der Waals surface area (Å²) in [6, 6.07) is 10.1. The summed E-state index contributed by atoms with van der Waals surface area (Å²) in [6.45, 7) is 2.94. The first kappa shape index (κ1) is 10.3. The highest BCUT2D eigenvalue weighted by Crippen LogP contribution is 2.32. The van der Waals surface area contributed by atoms with Crippen molar-refractivity contribution in [1.29, 1.82) is 0 Å². The van der Waals surface area contributed by atoms with Crippen molar-refractivity contribution >= 4 is 10.8 Å². The molecule has 1 aromatic carbocycles. The second kappa shape index (κ2) is 3.69. The zero-order valence-electron chi connectivity index (χ0n) is 10.2. The number of nitrogens with one attached hydrogen (secondary N) is 1. The van der Waals surface area contributed by atoms with E-state index in [9.17, 15) is 4.79 Å². The lowest BCUT2D eigenvalue weighted by Gasteiger charge is -2.37. The Morgan fingerprint density at radius 3 is 3.06 bits per heavy atom. The first-order valence-corrected chi connectivity index (χ1v) is 6.66. The van der Waals surface area contributed by atoms with Crippen molar-refractivity contribution in [2.45, 2.75) is 18.9 Å². The van der Waals surface area contributed by atoms with Crippen molar-refractivity contribution in [3.05, 3.63) is 46.4 Å². The molecule has 92 valence electrons. The topological polar surface area (TPSA) is 34.0 Å². The molecule has 0 unspecified atom stereocenters. The van der Waals surface area contributed by atoms with Gasteiger partial charge in [0.25, 0.3) is 5.56 Å². The minimum atomic E-state index is 0.194. The molecule has 0 spiro atoms. The predicted octanol–water partition coefficient (Wildman–Crippen LogP) is 1.71. The van der Waals surface area contributed by atoms with E-state index in [0.29, 0.717) is 11.8 Å². The third-order valence-electron chi connectivity index (χ3n) is 4.35. The first-order chi connectivity index (χ1) is 8.83. The zero-order valence-corrected chi connectivity index (χ0v) is 10.2. The molecular weight excluding hydrogens is 224 g/mol. The summed E-state index contributed by atoms with van der Waals surface area (Å²) in [7, 11) is 0. The number of rotatable bonds is 0. The smallest absolute Gasteiger partial charge is 0.258 e. The molecule has 1 N–H and O–H groups in total. The monoisotopic (exact) mass is 240 g/mol. The minimum Gasteiger partial charge on any atom is -0.316 e. The molecule has 1 fully saturated rings. The zero-order chi connectivity index (χ0) is 12.1. The van der Waals surface area contributed by atoms with Crippen LogP contribution >= 0.6 is 0 Å². The van der Waals surface area contributed by atoms with Crippen LogP contribution in [-0.4, -0.2) is 17.7 Å². The van der Waals surface area contributed by atoms with Gasteiger partial charge in [-0.15, -0.1) is 0 Å². The fourth-order valence-electron chi connectivity index (χ4n) is 3.50. The van der Waals surface area contributed by atoms with Gasteiger partial charge >= 0.3 is 0 Å². The summed E-state index contributed by atoms with van der Waals surface area (Å²) in [5, 5.41) is 5.42. The van der Waals surface area contributed by atoms with Crippen LogP contribution in [0.2, 0.25) is 0 Å². The number of nitrogens with zero attached hydrogens (tertiary/aromatic N) is 1. The molecule has 4 rings (SSSR count). The summed E-state index contributed by atoms with van der Waals surface area (Å²) in [5.74, 6) is 1.13. The number of pyridine rings is 1. The highest BCUT2D eigenvalue weighted by Gasteiger charge is 2.31. The van der Waals surface area contributed by atoms with Crippen LogP contribution in [0.4, 0.5) is 0 Å². The van der Waals surface area contributed by atoms with Gasteiger partial charge in [-0.3, -0.25) is 4.79 Å². The molecule has 1 aromatic heterocycles. The van der Waals surface area contributed by atoms with Crippen molar-refractivity contribution in [3.8, 4) is 0 Å². The van der Waals surface area contributed by atoms with Gasteiger partial charge in [-0.05, 0) is 36.4 Å². The molecule has 0 aliphatic carbocycles. The Balaban J connectivity index is 2.03. The third kappa shape index (κ3) is 1.37. The van der Waals surface area contributed by atoms with Crippen molar-refractivity contribution in [3.63, 3.8) is 0 Å². The van der Waals surface area contributed by atoms with Gasteiger partial charge in [0.2, 0.25) is 0 Å². The normalized spacial score (nSPS) is 26.0. The van der Waals surface area contributed by atoms with E-state index >= 15 is 0 Å². The standard InChI is InChI=1S/C15H16N2O/c18-15-13-4-2-1-3-11(13)6-14-12-5-10(7-16-8-12)9-17(14)15/h1-4,6,10,12,16H,5,7-9H2/t10-,12+/m0/s1. The van der Waals surface area contributed by atoms with Crippen molar-refractivity contribution in [2.75, 3.05) is 13.1 Å². The van der Waals surface area contributed by atoms with E-state index in [4.69, 9.17) is 0 Å². The molecule has 2 aliphatic heterocycles. The molecule has 2 bridgehead atoms. The van der Waals surface area contributed by atoms with E-state index in [0.717, 1.165) is 30.4 Å². The van der Waals surface area contributed by atoms with Gasteiger partial charge in [0.05, 0.1) is 0 Å². The lowest BCUT2D eigenvalue weighted by Crippen LogP contribution is -2.44. The fourth-order valence-corrected chi connectivity index (χ4v) is 3.50. The molecule has 1 saturated heterocycles. The van der Waals surface area contributed by atoms with Gasteiger partial charge in [-0.25, -0.2) is 0 Å². The van der Waals surface area contributed by atoms with E-state index in [-0.39, 0.29) is 5.56 Å². The molecule has 0 amide bonds. The lowest BCUT2D eigenvalue weighted by atomic mass is 9.84. The van der Waals surface area contributed by atoms with E-state index < -0.39 is 0 Å². The predicted molar refractivity (Wildman–Crippen MR) is 71.9 cm³/mol. The quantitative estimate of drug-likeness (QED) is 0.760. The molecule has 0 radical (unpaired) electrons. The average molecular weight is 240 g/mol. The van der Waals surface area contributed by atoms with Crippen LogP contribution in [0, 0.1) is 5.92 Å². The van der Waals surface area contributed by atoms with Crippen LogP contribution in [0.3, 0.4) is 0 Å². The van der Waals surface area contributed by atoms with E-state index in [1.165, 1.54) is 12.1 Å². The average Bonchev–Trinajstić information content (AvgIpc) is 2.41. The van der Waals surface area contributed by atoms with Gasteiger partial charge in [-0.1, -0.05) is 18.2 Å². The van der Waals surface area contributed by atoms with Gasteiger partial charge < -0.3 is 9.88 Å². The SMILES string of the molecule is O=c1c2ccccc2cc2n1C[C@@H]1CNC[C@H]2C1. The van der Waals surface area contributed by atoms with Gasteiger partial charge in [0.15, 0.2) is 0 Å². The molecule has 3 heterocycles. The summed E-state index contributed by atoms with van der Waals surface area (Å²) in [6.07, 6.45) is 1.23. The maximum absolute atomic E-state index is 12.5. The summed E-state index contributed by atoms with van der Waals surface area (Å²) in [5.41, 5.74) is 1.42. The molecule has 0 saturated carbocycles. The van der Waals surface area contributed by atoms with E-state index in [1.54, 1.807) is 0 Å². The number of hydrogen-bond donors (Lipinski definition) is 1. The molecule has 3 nitrogen and oxygen atoms in total. The number of aromatic nitrogens is 1. The van der Waals surface area contributed by atoms with Crippen molar-refractivity contribution < 1.29 is 0 Å². The number of benzene rings is 1. The Morgan fingerprint density at radius 2 is 2.11 bits per heavy atom. The lowest BCUT2D eigenvalue weighted by molar-refractivity contribution is 0.258. The van der Waals surface area contributed by atoms with Gasteiger partial charge in [0, 0.05) is 30.1 Å². The van der Waals surface area contributed by atoms with Crippen LogP contribution in [0.1, 0.15) is 18.0 Å². The third-order valence-corrected chi connectivity index (χ3v) is 4.35. The van der Waals surface area contributed by atoms with Crippen molar-refractivity contribution in [2.24, 2.45) is 5.92 Å². The maximum Gasteiger partial charge on any atom is 0.258 e. The maximum atomic E-state index is 12.5.